The van der Waals surface area contributed by atoms with Gasteiger partial charge in [-0.05, 0) is 18.4 Å². The molecule has 1 heterocycles. The van der Waals surface area contributed by atoms with Crippen molar-refractivity contribution in [3.8, 4) is 0 Å². The fourth-order valence-corrected chi connectivity index (χ4v) is 2.20. The maximum Gasteiger partial charge on any atom is 0.191 e. The second kappa shape index (κ2) is 4.01. The van der Waals surface area contributed by atoms with Crippen LogP contribution in [0, 0.1) is 0 Å². The lowest BCUT2D eigenvalue weighted by atomic mass is 10.0. The van der Waals surface area contributed by atoms with E-state index in [0.717, 1.165) is 6.54 Å². The van der Waals surface area contributed by atoms with E-state index in [2.05, 4.69) is 61.9 Å². The van der Waals surface area contributed by atoms with Crippen molar-refractivity contribution in [2.75, 3.05) is 0 Å². The normalized spacial score (nSPS) is 11.2. The fourth-order valence-electron chi connectivity index (χ4n) is 2.20. The largest absolute Gasteiger partial charge is 0.202 e. The lowest BCUT2D eigenvalue weighted by Gasteiger charge is -2.08. The van der Waals surface area contributed by atoms with Crippen LogP contribution in [0.4, 0.5) is 0 Å². The molecule has 0 aliphatic heterocycles. The summed E-state index contributed by atoms with van der Waals surface area (Å²) in [6, 6.07) is 10.8. The molecular formula is C14H18N+. The van der Waals surface area contributed by atoms with E-state index >= 15 is 0 Å². The van der Waals surface area contributed by atoms with Gasteiger partial charge < -0.3 is 0 Å². The number of nitrogens with zero attached hydrogens (tertiary/aromatic N) is 1. The molecule has 0 aliphatic rings. The van der Waals surface area contributed by atoms with Crippen molar-refractivity contribution >= 4 is 10.8 Å². The van der Waals surface area contributed by atoms with Crippen LogP contribution in [0.3, 0.4) is 0 Å². The molecule has 0 atom stereocenters. The minimum Gasteiger partial charge on any atom is -0.202 e. The van der Waals surface area contributed by atoms with E-state index in [9.17, 15) is 0 Å². The number of benzene rings is 1. The number of rotatable bonds is 2. The Bertz CT molecular complexity index is 472. The molecule has 2 rings (SSSR count). The number of aromatic nitrogens is 1. The lowest BCUT2D eigenvalue weighted by Crippen LogP contribution is -2.37. The molecule has 2 aromatic rings. The van der Waals surface area contributed by atoms with Crippen molar-refractivity contribution in [1.29, 1.82) is 0 Å². The van der Waals surface area contributed by atoms with Gasteiger partial charge in [0.2, 0.25) is 0 Å². The van der Waals surface area contributed by atoms with Crippen LogP contribution in [0.15, 0.2) is 36.5 Å². The van der Waals surface area contributed by atoms with Gasteiger partial charge in [0.1, 0.15) is 6.54 Å². The predicted octanol–water partition coefficient (Wildman–Crippen LogP) is 3.27. The second-order valence-electron chi connectivity index (χ2n) is 4.23. The van der Waals surface area contributed by atoms with E-state index in [0.29, 0.717) is 5.92 Å². The van der Waals surface area contributed by atoms with Crippen LogP contribution in [-0.2, 0) is 6.54 Å². The van der Waals surface area contributed by atoms with E-state index in [1.54, 1.807) is 0 Å². The molecule has 0 bridgehead atoms. The molecule has 0 spiro atoms. The fraction of sp³-hybridized carbons (Fsp3) is 0.357. The summed E-state index contributed by atoms with van der Waals surface area (Å²) < 4.78 is 2.34. The Labute approximate surface area is 91.4 Å². The molecule has 0 fully saturated rings. The summed E-state index contributed by atoms with van der Waals surface area (Å²) in [5.41, 5.74) is 1.44. The first-order valence-corrected chi connectivity index (χ1v) is 5.65. The first-order chi connectivity index (χ1) is 7.24. The van der Waals surface area contributed by atoms with E-state index in [-0.39, 0.29) is 0 Å². The van der Waals surface area contributed by atoms with Crippen LogP contribution >= 0.6 is 0 Å². The number of hydrogen-bond donors (Lipinski definition) is 0. The van der Waals surface area contributed by atoms with Gasteiger partial charge in [-0.15, -0.1) is 0 Å². The molecule has 1 aromatic heterocycles. The van der Waals surface area contributed by atoms with Crippen LogP contribution in [-0.4, -0.2) is 0 Å². The van der Waals surface area contributed by atoms with Crippen LogP contribution < -0.4 is 4.57 Å². The molecule has 0 unspecified atom stereocenters. The first-order valence-electron chi connectivity index (χ1n) is 5.65. The van der Waals surface area contributed by atoms with Gasteiger partial charge in [0.05, 0.1) is 0 Å². The zero-order chi connectivity index (χ0) is 10.8. The van der Waals surface area contributed by atoms with Gasteiger partial charge in [0.15, 0.2) is 11.9 Å². The van der Waals surface area contributed by atoms with Gasteiger partial charge in [0.25, 0.3) is 0 Å². The monoisotopic (exact) mass is 200 g/mol. The molecule has 1 heteroatoms. The maximum absolute atomic E-state index is 2.34. The topological polar surface area (TPSA) is 3.88 Å². The molecule has 15 heavy (non-hydrogen) atoms. The standard InChI is InChI=1S/C14H18N/c1-4-15-10-9-12-7-5-6-8-13(12)14(15)11(2)3/h5-11H,4H2,1-3H3/q+1. The minimum absolute atomic E-state index is 0.566. The van der Waals surface area contributed by atoms with Crippen molar-refractivity contribution in [3.63, 3.8) is 0 Å². The third kappa shape index (κ3) is 1.74. The molecule has 0 aliphatic carbocycles. The van der Waals surface area contributed by atoms with E-state index < -0.39 is 0 Å². The number of aryl methyl sites for hydroxylation is 1. The Balaban J connectivity index is 2.79. The van der Waals surface area contributed by atoms with Crippen molar-refractivity contribution in [3.05, 3.63) is 42.2 Å². The molecule has 0 N–H and O–H groups in total. The predicted molar refractivity (Wildman–Crippen MR) is 63.9 cm³/mol. The highest BCUT2D eigenvalue weighted by Gasteiger charge is 2.16. The second-order valence-corrected chi connectivity index (χ2v) is 4.23. The number of fused-ring (bicyclic) bond motifs is 1. The van der Waals surface area contributed by atoms with E-state index in [1.807, 2.05) is 0 Å². The van der Waals surface area contributed by atoms with E-state index in [1.165, 1.54) is 16.5 Å². The third-order valence-corrected chi connectivity index (χ3v) is 2.87. The van der Waals surface area contributed by atoms with Crippen molar-refractivity contribution in [1.82, 2.24) is 0 Å². The summed E-state index contributed by atoms with van der Waals surface area (Å²) in [6.45, 7) is 7.75. The third-order valence-electron chi connectivity index (χ3n) is 2.87. The van der Waals surface area contributed by atoms with Gasteiger partial charge in [-0.25, -0.2) is 4.57 Å². The minimum atomic E-state index is 0.566. The summed E-state index contributed by atoms with van der Waals surface area (Å²) in [5.74, 6) is 0.566. The Hall–Kier alpha value is -1.37. The van der Waals surface area contributed by atoms with E-state index in [4.69, 9.17) is 0 Å². The average molecular weight is 200 g/mol. The highest BCUT2D eigenvalue weighted by atomic mass is 15.0. The van der Waals surface area contributed by atoms with Gasteiger partial charge in [-0.2, -0.15) is 0 Å². The van der Waals surface area contributed by atoms with Crippen LogP contribution in [0.2, 0.25) is 0 Å². The summed E-state index contributed by atoms with van der Waals surface area (Å²) in [6.07, 6.45) is 2.19. The highest BCUT2D eigenvalue weighted by molar-refractivity contribution is 5.83. The molecule has 1 aromatic carbocycles. The molecule has 1 nitrogen and oxygen atoms in total. The number of hydrogen-bond acceptors (Lipinski definition) is 0. The molecule has 0 saturated heterocycles. The average Bonchev–Trinajstić information content (AvgIpc) is 2.27. The van der Waals surface area contributed by atoms with Gasteiger partial charge in [-0.3, -0.25) is 0 Å². The zero-order valence-electron chi connectivity index (χ0n) is 9.70. The van der Waals surface area contributed by atoms with Gasteiger partial charge in [-0.1, -0.05) is 32.0 Å². The number of pyridine rings is 1. The molecule has 0 radical (unpaired) electrons. The van der Waals surface area contributed by atoms with Crippen LogP contribution in [0.1, 0.15) is 32.4 Å². The lowest BCUT2D eigenvalue weighted by molar-refractivity contribution is -0.700. The Morgan fingerprint density at radius 2 is 1.87 bits per heavy atom. The molecule has 0 saturated carbocycles. The Morgan fingerprint density at radius 3 is 2.53 bits per heavy atom. The molecule has 0 amide bonds. The van der Waals surface area contributed by atoms with Crippen molar-refractivity contribution < 1.29 is 4.57 Å². The summed E-state index contributed by atoms with van der Waals surface area (Å²) in [4.78, 5) is 0. The summed E-state index contributed by atoms with van der Waals surface area (Å²) >= 11 is 0. The first kappa shape index (κ1) is 10.2. The molecular weight excluding hydrogens is 182 g/mol. The highest BCUT2D eigenvalue weighted by Crippen LogP contribution is 2.21. The maximum atomic E-state index is 2.34. The van der Waals surface area contributed by atoms with Crippen molar-refractivity contribution in [2.45, 2.75) is 33.2 Å². The van der Waals surface area contributed by atoms with Gasteiger partial charge >= 0.3 is 0 Å². The quantitative estimate of drug-likeness (QED) is 0.655. The smallest absolute Gasteiger partial charge is 0.191 e. The summed E-state index contributed by atoms with van der Waals surface area (Å²) in [7, 11) is 0. The summed E-state index contributed by atoms with van der Waals surface area (Å²) in [5, 5.41) is 2.72. The van der Waals surface area contributed by atoms with Crippen LogP contribution in [0.5, 0.6) is 0 Å². The SMILES string of the molecule is CC[n+]1ccc2ccccc2c1C(C)C. The van der Waals surface area contributed by atoms with Crippen LogP contribution in [0.25, 0.3) is 10.8 Å². The van der Waals surface area contributed by atoms with Gasteiger partial charge in [0, 0.05) is 17.4 Å². The Kier molecular flexibility index (Phi) is 2.72. The molecule has 78 valence electrons. The van der Waals surface area contributed by atoms with Crippen molar-refractivity contribution in [2.24, 2.45) is 0 Å². The Morgan fingerprint density at radius 1 is 1.13 bits per heavy atom. The zero-order valence-corrected chi connectivity index (χ0v) is 9.70.